The zero-order valence-corrected chi connectivity index (χ0v) is 30.4. The summed E-state index contributed by atoms with van der Waals surface area (Å²) in [6, 6.07) is 32.1. The average molecular weight is 702 g/mol. The van der Waals surface area contributed by atoms with E-state index in [9.17, 15) is 4.79 Å². The lowest BCUT2D eigenvalue weighted by Crippen LogP contribution is -2.47. The molecular formula is C43H44ClN3O4. The van der Waals surface area contributed by atoms with Gasteiger partial charge in [0.15, 0.2) is 5.75 Å². The van der Waals surface area contributed by atoms with Gasteiger partial charge in [0.05, 0.1) is 11.2 Å². The van der Waals surface area contributed by atoms with Crippen molar-refractivity contribution in [1.29, 1.82) is 0 Å². The molecule has 0 atom stereocenters. The highest BCUT2D eigenvalue weighted by molar-refractivity contribution is 6.32. The van der Waals surface area contributed by atoms with Crippen LogP contribution in [-0.4, -0.2) is 46.9 Å². The van der Waals surface area contributed by atoms with Gasteiger partial charge in [0, 0.05) is 44.9 Å². The maximum absolute atomic E-state index is 13.1. The fraction of sp³-hybridized carbons (Fsp3) is 0.256. The fourth-order valence-electron chi connectivity index (χ4n) is 5.83. The van der Waals surface area contributed by atoms with Gasteiger partial charge in [-0.25, -0.2) is 4.98 Å². The van der Waals surface area contributed by atoms with E-state index in [1.54, 1.807) is 30.5 Å². The minimum atomic E-state index is -0.0134. The molecule has 0 unspecified atom stereocenters. The Hall–Kier alpha value is -5.11. The molecule has 1 aliphatic rings. The van der Waals surface area contributed by atoms with Gasteiger partial charge in [-0.15, -0.1) is 0 Å². The van der Waals surface area contributed by atoms with Gasteiger partial charge in [-0.05, 0) is 96.1 Å². The number of carbonyl (C=O) groups excluding carboxylic acids is 1. The van der Waals surface area contributed by atoms with Crippen LogP contribution in [0.2, 0.25) is 5.02 Å². The van der Waals surface area contributed by atoms with Gasteiger partial charge < -0.3 is 19.1 Å². The number of pyridine rings is 1. The summed E-state index contributed by atoms with van der Waals surface area (Å²) in [5.41, 5.74) is 6.47. The van der Waals surface area contributed by atoms with Crippen LogP contribution in [0, 0.1) is 13.8 Å². The second-order valence-corrected chi connectivity index (χ2v) is 13.7. The Morgan fingerprint density at radius 2 is 1.45 bits per heavy atom. The van der Waals surface area contributed by atoms with Crippen LogP contribution in [0.5, 0.6) is 28.9 Å². The van der Waals surface area contributed by atoms with E-state index in [1.165, 1.54) is 16.7 Å². The van der Waals surface area contributed by atoms with Crippen molar-refractivity contribution in [2.75, 3.05) is 26.2 Å². The minimum Gasteiger partial charge on any atom is -0.487 e. The van der Waals surface area contributed by atoms with Crippen LogP contribution in [0.15, 0.2) is 109 Å². The molecule has 1 aromatic heterocycles. The Morgan fingerprint density at radius 1 is 0.804 bits per heavy atom. The van der Waals surface area contributed by atoms with Gasteiger partial charge in [-0.3, -0.25) is 9.69 Å². The van der Waals surface area contributed by atoms with Crippen molar-refractivity contribution in [3.8, 4) is 28.9 Å². The number of carbonyl (C=O) groups is 1. The third-order valence-electron chi connectivity index (χ3n) is 8.91. The first-order valence-corrected chi connectivity index (χ1v) is 17.7. The van der Waals surface area contributed by atoms with Crippen molar-refractivity contribution in [2.24, 2.45) is 0 Å². The second kappa shape index (κ2) is 16.7. The van der Waals surface area contributed by atoms with E-state index in [-0.39, 0.29) is 5.91 Å². The van der Waals surface area contributed by atoms with Crippen LogP contribution in [0.1, 0.15) is 53.1 Å². The van der Waals surface area contributed by atoms with Crippen molar-refractivity contribution in [3.05, 3.63) is 148 Å². The van der Waals surface area contributed by atoms with Gasteiger partial charge in [-0.2, -0.15) is 0 Å². The average Bonchev–Trinajstić information content (AvgIpc) is 3.14. The summed E-state index contributed by atoms with van der Waals surface area (Å²) in [6.45, 7) is 12.6. The lowest BCUT2D eigenvalue weighted by molar-refractivity contribution is -0.127. The number of hydrogen-bond donors (Lipinski definition) is 0. The summed E-state index contributed by atoms with van der Waals surface area (Å²) in [7, 11) is 0. The number of aromatic nitrogens is 1. The molecule has 0 aliphatic carbocycles. The van der Waals surface area contributed by atoms with E-state index in [4.69, 9.17) is 25.8 Å². The molecule has 1 aliphatic heterocycles. The van der Waals surface area contributed by atoms with Crippen LogP contribution in [0.4, 0.5) is 0 Å². The first-order chi connectivity index (χ1) is 24.7. The highest BCUT2D eigenvalue weighted by Gasteiger charge is 2.20. The summed E-state index contributed by atoms with van der Waals surface area (Å²) in [6.07, 6.45) is 5.06. The van der Waals surface area contributed by atoms with E-state index in [0.717, 1.165) is 47.8 Å². The van der Waals surface area contributed by atoms with Crippen LogP contribution in [-0.2, 0) is 17.9 Å². The van der Waals surface area contributed by atoms with E-state index in [0.29, 0.717) is 48.0 Å². The molecule has 6 rings (SSSR count). The summed E-state index contributed by atoms with van der Waals surface area (Å²) in [5.74, 6) is 3.72. The van der Waals surface area contributed by atoms with E-state index in [1.807, 2.05) is 60.4 Å². The van der Waals surface area contributed by atoms with E-state index < -0.39 is 0 Å². The standard InChI is InChI=1S/C43H44ClN3O4/c1-30(2)36-12-16-38(17-13-36)50-37-14-9-33(10-15-37)28-46-21-23-47(24-22-46)42(48)20-11-35-25-32(4)43(40(44)26-35)51-41-19-18-39(27-45-41)49-29-34-7-5-31(3)6-8-34/h5-20,25-27,30H,21-24,28-29H2,1-4H3/b20-11+. The predicted molar refractivity (Wildman–Crippen MR) is 204 cm³/mol. The lowest BCUT2D eigenvalue weighted by Gasteiger charge is -2.34. The number of halogens is 1. The van der Waals surface area contributed by atoms with Crippen LogP contribution in [0.3, 0.4) is 0 Å². The monoisotopic (exact) mass is 701 g/mol. The highest BCUT2D eigenvalue weighted by Crippen LogP contribution is 2.34. The predicted octanol–water partition coefficient (Wildman–Crippen LogP) is 10.00. The molecule has 5 aromatic rings. The molecular weight excluding hydrogens is 658 g/mol. The Bertz CT molecular complexity index is 1910. The largest absolute Gasteiger partial charge is 0.487 e. The maximum Gasteiger partial charge on any atom is 0.246 e. The zero-order chi connectivity index (χ0) is 35.7. The van der Waals surface area contributed by atoms with Crippen LogP contribution >= 0.6 is 11.6 Å². The third kappa shape index (κ3) is 10.00. The normalized spacial score (nSPS) is 13.5. The second-order valence-electron chi connectivity index (χ2n) is 13.3. The van der Waals surface area contributed by atoms with Crippen molar-refractivity contribution < 1.29 is 19.0 Å². The van der Waals surface area contributed by atoms with Crippen LogP contribution < -0.4 is 14.2 Å². The molecule has 1 amide bonds. The number of piperazine rings is 1. The number of amides is 1. The number of ether oxygens (including phenoxy) is 3. The molecule has 7 nitrogen and oxygen atoms in total. The Morgan fingerprint density at radius 3 is 2.08 bits per heavy atom. The van der Waals surface area contributed by atoms with Crippen molar-refractivity contribution in [2.45, 2.75) is 46.8 Å². The van der Waals surface area contributed by atoms with E-state index >= 15 is 0 Å². The first kappa shape index (κ1) is 35.7. The molecule has 51 heavy (non-hydrogen) atoms. The highest BCUT2D eigenvalue weighted by atomic mass is 35.5. The molecule has 0 spiro atoms. The number of nitrogens with zero attached hydrogens (tertiary/aromatic N) is 3. The molecule has 0 saturated carbocycles. The minimum absolute atomic E-state index is 0.0134. The Balaban J connectivity index is 0.952. The summed E-state index contributed by atoms with van der Waals surface area (Å²) >= 11 is 6.63. The van der Waals surface area contributed by atoms with Gasteiger partial charge in [-0.1, -0.05) is 79.5 Å². The van der Waals surface area contributed by atoms with Crippen molar-refractivity contribution in [1.82, 2.24) is 14.8 Å². The SMILES string of the molecule is Cc1ccc(COc2ccc(Oc3c(C)cc(/C=C/C(=O)N4CCN(Cc5ccc(Oc6ccc(C(C)C)cc6)cc5)CC4)cc3Cl)nc2)cc1. The number of hydrogen-bond acceptors (Lipinski definition) is 6. The fourth-order valence-corrected chi connectivity index (χ4v) is 6.14. The maximum atomic E-state index is 13.1. The smallest absolute Gasteiger partial charge is 0.246 e. The lowest BCUT2D eigenvalue weighted by atomic mass is 10.0. The molecule has 4 aromatic carbocycles. The molecule has 262 valence electrons. The van der Waals surface area contributed by atoms with Gasteiger partial charge in [0.2, 0.25) is 11.8 Å². The molecule has 8 heteroatoms. The third-order valence-corrected chi connectivity index (χ3v) is 9.19. The number of aryl methyl sites for hydroxylation is 2. The molecule has 1 saturated heterocycles. The first-order valence-electron chi connectivity index (χ1n) is 17.4. The molecule has 0 radical (unpaired) electrons. The van der Waals surface area contributed by atoms with E-state index in [2.05, 4.69) is 67.1 Å². The summed E-state index contributed by atoms with van der Waals surface area (Å²) < 4.78 is 17.9. The Labute approximate surface area is 306 Å². The zero-order valence-electron chi connectivity index (χ0n) is 29.6. The molecule has 0 bridgehead atoms. The summed E-state index contributed by atoms with van der Waals surface area (Å²) in [5, 5.41) is 0.442. The van der Waals surface area contributed by atoms with Gasteiger partial charge in [0.1, 0.15) is 23.9 Å². The van der Waals surface area contributed by atoms with Gasteiger partial charge in [0.25, 0.3) is 0 Å². The number of rotatable bonds is 12. The topological polar surface area (TPSA) is 64.1 Å². The molecule has 2 heterocycles. The van der Waals surface area contributed by atoms with Crippen LogP contribution in [0.25, 0.3) is 6.08 Å². The molecule has 1 fully saturated rings. The Kier molecular flexibility index (Phi) is 11.7. The molecule has 0 N–H and O–H groups in total. The van der Waals surface area contributed by atoms with Crippen molar-refractivity contribution in [3.63, 3.8) is 0 Å². The van der Waals surface area contributed by atoms with Crippen molar-refractivity contribution >= 4 is 23.6 Å². The number of benzene rings is 4. The summed E-state index contributed by atoms with van der Waals surface area (Å²) in [4.78, 5) is 21.7. The quantitative estimate of drug-likeness (QED) is 0.121. The van der Waals surface area contributed by atoms with Gasteiger partial charge >= 0.3 is 0 Å².